The van der Waals surface area contributed by atoms with Gasteiger partial charge in [0.25, 0.3) is 0 Å². The van der Waals surface area contributed by atoms with Gasteiger partial charge >= 0.3 is 0 Å². The normalized spacial score (nSPS) is 19.0. The molecule has 0 aliphatic carbocycles. The second kappa shape index (κ2) is 58.1. The molecule has 1 heterocycles. The third-order valence-electron chi connectivity index (χ3n) is 15.8. The van der Waals surface area contributed by atoms with Gasteiger partial charge in [0.05, 0.1) is 25.4 Å². The zero-order valence-electron chi connectivity index (χ0n) is 50.9. The lowest BCUT2D eigenvalue weighted by molar-refractivity contribution is -0.302. The largest absolute Gasteiger partial charge is 0.394 e. The molecule has 1 aliphatic heterocycles. The van der Waals surface area contributed by atoms with Gasteiger partial charge in [0, 0.05) is 6.42 Å². The van der Waals surface area contributed by atoms with Gasteiger partial charge in [-0.2, -0.15) is 0 Å². The summed E-state index contributed by atoms with van der Waals surface area (Å²) in [4.78, 5) is 13.1. The SMILES string of the molecule is CC/C=C\C/C=C\C/C=C\C/C=C\CCCCCCCCCCCCC(=O)NC(COC1OC(CO)C(O)C(O)C1O)C(O)/C=C/CCCCCCCCCCCCCCCCCCCCCCCCCCCCCCCC. The van der Waals surface area contributed by atoms with Crippen LogP contribution in [0, 0.1) is 0 Å². The van der Waals surface area contributed by atoms with Crippen LogP contribution in [0.2, 0.25) is 0 Å². The first kappa shape index (κ1) is 73.9. The van der Waals surface area contributed by atoms with Gasteiger partial charge in [-0.15, -0.1) is 0 Å². The highest BCUT2D eigenvalue weighted by Crippen LogP contribution is 2.23. The van der Waals surface area contributed by atoms with E-state index in [-0.39, 0.29) is 12.5 Å². The highest BCUT2D eigenvalue weighted by atomic mass is 16.7. The van der Waals surface area contributed by atoms with Crippen molar-refractivity contribution in [1.29, 1.82) is 0 Å². The number of carbonyl (C=O) groups excluding carboxylic acids is 1. The topological polar surface area (TPSA) is 149 Å². The molecule has 0 radical (unpaired) electrons. The molecule has 6 N–H and O–H groups in total. The van der Waals surface area contributed by atoms with E-state index in [1.165, 1.54) is 225 Å². The Bertz CT molecular complexity index is 1410. The van der Waals surface area contributed by atoms with Gasteiger partial charge in [-0.05, 0) is 57.8 Å². The first-order valence-corrected chi connectivity index (χ1v) is 33.5. The molecule has 1 saturated heterocycles. The minimum atomic E-state index is -1.57. The molecule has 1 fully saturated rings. The number of aliphatic hydroxyl groups is 5. The summed E-state index contributed by atoms with van der Waals surface area (Å²) in [6, 6.07) is -0.812. The average molecular weight is 1100 g/mol. The van der Waals surface area contributed by atoms with Crippen LogP contribution in [-0.4, -0.2) is 87.5 Å². The third-order valence-corrected chi connectivity index (χ3v) is 15.8. The number of hydrogen-bond acceptors (Lipinski definition) is 8. The quantitative estimate of drug-likeness (QED) is 0.0261. The number of allylic oxidation sites excluding steroid dienone is 9. The van der Waals surface area contributed by atoms with E-state index in [4.69, 9.17) is 9.47 Å². The molecule has 456 valence electrons. The summed E-state index contributed by atoms with van der Waals surface area (Å²) in [6.45, 7) is 3.70. The Morgan fingerprint density at radius 2 is 0.795 bits per heavy atom. The molecule has 0 aromatic carbocycles. The Hall–Kier alpha value is -2.11. The molecular weight excluding hydrogens is 971 g/mol. The van der Waals surface area contributed by atoms with Gasteiger partial charge < -0.3 is 40.3 Å². The van der Waals surface area contributed by atoms with Crippen LogP contribution in [0.5, 0.6) is 0 Å². The van der Waals surface area contributed by atoms with Crippen molar-refractivity contribution in [3.05, 3.63) is 60.8 Å². The fourth-order valence-electron chi connectivity index (χ4n) is 10.6. The maximum absolute atomic E-state index is 13.1. The fourth-order valence-corrected chi connectivity index (χ4v) is 10.6. The number of hydrogen-bond donors (Lipinski definition) is 6. The molecule has 0 aromatic rings. The second-order valence-electron chi connectivity index (χ2n) is 23.2. The predicted molar refractivity (Wildman–Crippen MR) is 332 cm³/mol. The molecule has 7 atom stereocenters. The van der Waals surface area contributed by atoms with Crippen LogP contribution in [0.15, 0.2) is 60.8 Å². The first-order valence-electron chi connectivity index (χ1n) is 33.5. The molecule has 1 amide bonds. The third kappa shape index (κ3) is 46.5. The van der Waals surface area contributed by atoms with Gasteiger partial charge in [-0.25, -0.2) is 0 Å². The Morgan fingerprint density at radius 1 is 0.449 bits per heavy atom. The monoisotopic (exact) mass is 1100 g/mol. The number of amides is 1. The van der Waals surface area contributed by atoms with Crippen LogP contribution in [0.25, 0.3) is 0 Å². The van der Waals surface area contributed by atoms with Crippen LogP contribution in [0.3, 0.4) is 0 Å². The number of ether oxygens (including phenoxy) is 2. The summed E-state index contributed by atoms with van der Waals surface area (Å²) in [7, 11) is 0. The van der Waals surface area contributed by atoms with Gasteiger partial charge in [-0.3, -0.25) is 4.79 Å². The number of aliphatic hydroxyl groups excluding tert-OH is 5. The van der Waals surface area contributed by atoms with E-state index >= 15 is 0 Å². The fraction of sp³-hybridized carbons (Fsp3) is 0.841. The summed E-state index contributed by atoms with van der Waals surface area (Å²) in [5, 5.41) is 54.7. The van der Waals surface area contributed by atoms with E-state index in [1.807, 2.05) is 6.08 Å². The summed E-state index contributed by atoms with van der Waals surface area (Å²) in [6.07, 6.45) is 73.2. The minimum absolute atomic E-state index is 0.179. The zero-order chi connectivity index (χ0) is 56.5. The molecular formula is C69H127NO8. The number of rotatable bonds is 58. The van der Waals surface area contributed by atoms with Crippen LogP contribution in [0.4, 0.5) is 0 Å². The van der Waals surface area contributed by atoms with Crippen molar-refractivity contribution in [2.24, 2.45) is 0 Å². The van der Waals surface area contributed by atoms with Crippen molar-refractivity contribution in [2.75, 3.05) is 13.2 Å². The first-order chi connectivity index (χ1) is 38.3. The lowest BCUT2D eigenvalue weighted by Crippen LogP contribution is -2.60. The van der Waals surface area contributed by atoms with Gasteiger partial charge in [0.1, 0.15) is 24.4 Å². The van der Waals surface area contributed by atoms with Crippen molar-refractivity contribution in [2.45, 2.75) is 358 Å². The molecule has 9 heteroatoms. The van der Waals surface area contributed by atoms with Gasteiger partial charge in [0.15, 0.2) is 6.29 Å². The number of carbonyl (C=O) groups is 1. The predicted octanol–water partition coefficient (Wildman–Crippen LogP) is 17.8. The van der Waals surface area contributed by atoms with E-state index < -0.39 is 49.5 Å². The minimum Gasteiger partial charge on any atom is -0.394 e. The van der Waals surface area contributed by atoms with Crippen molar-refractivity contribution in [3.8, 4) is 0 Å². The van der Waals surface area contributed by atoms with Crippen LogP contribution in [0.1, 0.15) is 316 Å². The Balaban J connectivity index is 2.14. The summed E-state index contributed by atoms with van der Waals surface area (Å²) in [5.74, 6) is -0.179. The smallest absolute Gasteiger partial charge is 0.220 e. The highest BCUT2D eigenvalue weighted by Gasteiger charge is 2.44. The average Bonchev–Trinajstić information content (AvgIpc) is 3.45. The molecule has 0 saturated carbocycles. The van der Waals surface area contributed by atoms with Crippen molar-refractivity contribution >= 4 is 5.91 Å². The molecule has 7 unspecified atom stereocenters. The van der Waals surface area contributed by atoms with Gasteiger partial charge in [0.2, 0.25) is 5.91 Å². The molecule has 1 rings (SSSR count). The molecule has 0 bridgehead atoms. The van der Waals surface area contributed by atoms with E-state index in [0.29, 0.717) is 6.42 Å². The van der Waals surface area contributed by atoms with Crippen LogP contribution < -0.4 is 5.32 Å². The van der Waals surface area contributed by atoms with Crippen LogP contribution >= 0.6 is 0 Å². The standard InChI is InChI=1S/C69H127NO8/c1-3-5-7-9-11-13-15-17-19-21-23-25-27-28-29-30-31-32-33-34-35-37-38-40-42-44-46-48-50-52-54-56-58-63(72)62(61-77-69-68(76)67(75)66(74)64(60-71)78-69)70-65(73)59-57-55-53-51-49-47-45-43-41-39-36-26-24-22-20-18-16-14-12-10-8-6-4-2/h6,8,12,14,18,20,24,26,56,58,62-64,66-69,71-72,74-76H,3-5,7,9-11,13,15-17,19,21-23,25,27-55,57,59-61H2,1-2H3,(H,70,73)/b8-6-,14-12-,20-18-,26-24-,58-56+. The maximum Gasteiger partial charge on any atom is 0.220 e. The Labute approximate surface area is 481 Å². The number of unbranched alkanes of at least 4 members (excludes halogenated alkanes) is 40. The Kier molecular flexibility index (Phi) is 55.0. The van der Waals surface area contributed by atoms with Crippen molar-refractivity contribution < 1.29 is 39.8 Å². The van der Waals surface area contributed by atoms with E-state index in [9.17, 15) is 30.3 Å². The summed E-state index contributed by atoms with van der Waals surface area (Å²) in [5.41, 5.74) is 0. The summed E-state index contributed by atoms with van der Waals surface area (Å²) >= 11 is 0. The Morgan fingerprint density at radius 3 is 1.18 bits per heavy atom. The lowest BCUT2D eigenvalue weighted by atomic mass is 9.99. The number of nitrogens with one attached hydrogen (secondary N) is 1. The molecule has 1 aliphatic rings. The maximum atomic E-state index is 13.1. The zero-order valence-corrected chi connectivity index (χ0v) is 50.9. The van der Waals surface area contributed by atoms with Gasteiger partial charge in [-0.1, -0.05) is 312 Å². The lowest BCUT2D eigenvalue weighted by Gasteiger charge is -2.40. The summed E-state index contributed by atoms with van der Waals surface area (Å²) < 4.78 is 11.3. The van der Waals surface area contributed by atoms with E-state index in [2.05, 4.69) is 67.8 Å². The molecule has 0 aromatic heterocycles. The van der Waals surface area contributed by atoms with Crippen molar-refractivity contribution in [1.82, 2.24) is 5.32 Å². The molecule has 0 spiro atoms. The van der Waals surface area contributed by atoms with E-state index in [1.54, 1.807) is 6.08 Å². The van der Waals surface area contributed by atoms with E-state index in [0.717, 1.165) is 70.6 Å². The highest BCUT2D eigenvalue weighted by molar-refractivity contribution is 5.76. The van der Waals surface area contributed by atoms with Crippen molar-refractivity contribution in [3.63, 3.8) is 0 Å². The second-order valence-corrected chi connectivity index (χ2v) is 23.2. The molecule has 9 nitrogen and oxygen atoms in total. The van der Waals surface area contributed by atoms with Crippen LogP contribution in [-0.2, 0) is 14.3 Å². The molecule has 78 heavy (non-hydrogen) atoms.